The molecule has 2 fully saturated rings. The van der Waals surface area contributed by atoms with Gasteiger partial charge >= 0.3 is 0 Å². The van der Waals surface area contributed by atoms with E-state index in [-0.39, 0.29) is 36.2 Å². The fraction of sp³-hybridized carbons (Fsp3) is 0.300. The van der Waals surface area contributed by atoms with Crippen molar-refractivity contribution in [3.8, 4) is 0 Å². The van der Waals surface area contributed by atoms with Gasteiger partial charge in [-0.3, -0.25) is 14.5 Å². The molecule has 2 aromatic rings. The number of sulfonamides is 1. The van der Waals surface area contributed by atoms with Crippen LogP contribution in [0.2, 0.25) is 10.0 Å². The molecule has 10 heteroatoms. The van der Waals surface area contributed by atoms with E-state index in [1.165, 1.54) is 28.6 Å². The maximum atomic E-state index is 13.0. The van der Waals surface area contributed by atoms with Gasteiger partial charge in [0.1, 0.15) is 0 Å². The van der Waals surface area contributed by atoms with Gasteiger partial charge in [0.2, 0.25) is 15.9 Å². The van der Waals surface area contributed by atoms with Crippen LogP contribution >= 0.6 is 23.2 Å². The summed E-state index contributed by atoms with van der Waals surface area (Å²) < 4.78 is 27.1. The molecule has 2 aliphatic heterocycles. The van der Waals surface area contributed by atoms with Crippen molar-refractivity contribution in [2.45, 2.75) is 17.4 Å². The minimum absolute atomic E-state index is 0.0496. The first kappa shape index (κ1) is 21.3. The molecule has 0 saturated carbocycles. The van der Waals surface area contributed by atoms with Gasteiger partial charge in [-0.2, -0.15) is 4.31 Å². The summed E-state index contributed by atoms with van der Waals surface area (Å²) in [6, 6.07) is 12.1. The van der Waals surface area contributed by atoms with Gasteiger partial charge < -0.3 is 0 Å². The lowest BCUT2D eigenvalue weighted by Crippen LogP contribution is -2.53. The molecule has 30 heavy (non-hydrogen) atoms. The molecule has 0 unspecified atom stereocenters. The minimum atomic E-state index is -3.64. The van der Waals surface area contributed by atoms with E-state index in [0.717, 1.165) is 4.90 Å². The Labute approximate surface area is 184 Å². The van der Waals surface area contributed by atoms with E-state index in [0.29, 0.717) is 28.8 Å². The Hall–Kier alpha value is -1.97. The molecule has 0 radical (unpaired) electrons. The van der Waals surface area contributed by atoms with Crippen molar-refractivity contribution in [2.75, 3.05) is 31.1 Å². The first-order valence-corrected chi connectivity index (χ1v) is 11.6. The highest BCUT2D eigenvalue weighted by Gasteiger charge is 2.44. The maximum absolute atomic E-state index is 13.0. The van der Waals surface area contributed by atoms with Crippen molar-refractivity contribution in [1.82, 2.24) is 9.21 Å². The fourth-order valence-corrected chi connectivity index (χ4v) is 5.57. The minimum Gasteiger partial charge on any atom is -0.289 e. The van der Waals surface area contributed by atoms with Crippen molar-refractivity contribution in [3.05, 3.63) is 58.6 Å². The smallest absolute Gasteiger partial charge is 0.251 e. The summed E-state index contributed by atoms with van der Waals surface area (Å²) in [5.74, 6) is -0.642. The number of anilines is 1. The predicted octanol–water partition coefficient (Wildman–Crippen LogP) is 2.63. The summed E-state index contributed by atoms with van der Waals surface area (Å²) in [6.45, 7) is 1.17. The largest absolute Gasteiger partial charge is 0.289 e. The summed E-state index contributed by atoms with van der Waals surface area (Å²) in [5, 5.41) is 0.796. The Kier molecular flexibility index (Phi) is 5.87. The van der Waals surface area contributed by atoms with Crippen LogP contribution in [0.4, 0.5) is 5.69 Å². The first-order valence-electron chi connectivity index (χ1n) is 9.40. The number of nitrogens with zero attached hydrogens (tertiary/aromatic N) is 3. The second-order valence-electron chi connectivity index (χ2n) is 7.13. The summed E-state index contributed by atoms with van der Waals surface area (Å²) in [7, 11) is -3.64. The molecule has 2 amide bonds. The fourth-order valence-electron chi connectivity index (χ4n) is 3.80. The third kappa shape index (κ3) is 3.86. The van der Waals surface area contributed by atoms with Crippen LogP contribution in [-0.2, 0) is 19.6 Å². The monoisotopic (exact) mass is 467 g/mol. The number of imide groups is 1. The zero-order chi connectivity index (χ0) is 21.5. The highest BCUT2D eigenvalue weighted by atomic mass is 35.5. The SMILES string of the molecule is O=C1C[C@H](N2CCN(S(=O)(=O)c3ccc(Cl)cc3)CC2)C(=O)N1c1ccccc1Cl. The molecule has 1 atom stereocenters. The lowest BCUT2D eigenvalue weighted by atomic mass is 10.2. The Morgan fingerprint density at radius 2 is 1.50 bits per heavy atom. The number of piperazine rings is 1. The van der Waals surface area contributed by atoms with Crippen LogP contribution in [0.1, 0.15) is 6.42 Å². The average molecular weight is 468 g/mol. The molecular weight excluding hydrogens is 449 g/mol. The number of benzene rings is 2. The lowest BCUT2D eigenvalue weighted by Gasteiger charge is -2.36. The van der Waals surface area contributed by atoms with Crippen LogP contribution in [0.3, 0.4) is 0 Å². The van der Waals surface area contributed by atoms with E-state index < -0.39 is 16.1 Å². The van der Waals surface area contributed by atoms with Gasteiger partial charge in [0.15, 0.2) is 0 Å². The number of hydrogen-bond donors (Lipinski definition) is 0. The van der Waals surface area contributed by atoms with Gasteiger partial charge in [-0.15, -0.1) is 0 Å². The van der Waals surface area contributed by atoms with Crippen LogP contribution in [0.25, 0.3) is 0 Å². The Morgan fingerprint density at radius 3 is 2.13 bits per heavy atom. The van der Waals surface area contributed by atoms with Crippen molar-refractivity contribution < 1.29 is 18.0 Å². The van der Waals surface area contributed by atoms with Crippen LogP contribution in [0.15, 0.2) is 53.4 Å². The molecule has 0 aromatic heterocycles. The van der Waals surface area contributed by atoms with Gasteiger partial charge in [0.05, 0.1) is 28.1 Å². The maximum Gasteiger partial charge on any atom is 0.251 e. The van der Waals surface area contributed by atoms with E-state index in [4.69, 9.17) is 23.2 Å². The molecule has 2 saturated heterocycles. The number of carbonyl (C=O) groups is 2. The van der Waals surface area contributed by atoms with Crippen molar-refractivity contribution in [3.63, 3.8) is 0 Å². The molecule has 0 bridgehead atoms. The summed E-state index contributed by atoms with van der Waals surface area (Å²) >= 11 is 12.0. The highest BCUT2D eigenvalue weighted by Crippen LogP contribution is 2.32. The first-order chi connectivity index (χ1) is 14.3. The molecular formula is C20H19Cl2N3O4S. The molecule has 2 aromatic carbocycles. The van der Waals surface area contributed by atoms with Crippen molar-refractivity contribution in [1.29, 1.82) is 0 Å². The zero-order valence-corrected chi connectivity index (χ0v) is 18.2. The van der Waals surface area contributed by atoms with Crippen molar-refractivity contribution >= 4 is 50.7 Å². The number of halogens is 2. The number of carbonyl (C=O) groups excluding carboxylic acids is 2. The van der Waals surface area contributed by atoms with E-state index in [1.807, 2.05) is 4.90 Å². The number of hydrogen-bond acceptors (Lipinski definition) is 5. The topological polar surface area (TPSA) is 78.0 Å². The van der Waals surface area contributed by atoms with Gasteiger partial charge in [-0.1, -0.05) is 35.3 Å². The van der Waals surface area contributed by atoms with E-state index in [9.17, 15) is 18.0 Å². The van der Waals surface area contributed by atoms with Crippen LogP contribution in [0, 0.1) is 0 Å². The lowest BCUT2D eigenvalue weighted by molar-refractivity contribution is -0.123. The Balaban J connectivity index is 1.46. The molecule has 2 heterocycles. The predicted molar refractivity (Wildman–Crippen MR) is 114 cm³/mol. The second-order valence-corrected chi connectivity index (χ2v) is 9.91. The normalized spacial score (nSPS) is 21.4. The number of rotatable bonds is 4. The Morgan fingerprint density at radius 1 is 0.867 bits per heavy atom. The number of para-hydroxylation sites is 1. The van der Waals surface area contributed by atoms with Crippen molar-refractivity contribution in [2.24, 2.45) is 0 Å². The molecule has 0 N–H and O–H groups in total. The van der Waals surface area contributed by atoms with Gasteiger partial charge in [-0.25, -0.2) is 13.3 Å². The summed E-state index contributed by atoms with van der Waals surface area (Å²) in [5.41, 5.74) is 0.376. The average Bonchev–Trinajstić information content (AvgIpc) is 3.03. The number of amides is 2. The van der Waals surface area contributed by atoms with Gasteiger partial charge in [0.25, 0.3) is 5.91 Å². The molecule has 0 spiro atoms. The molecule has 158 valence electrons. The molecule has 0 aliphatic carbocycles. The third-order valence-electron chi connectivity index (χ3n) is 5.38. The summed E-state index contributed by atoms with van der Waals surface area (Å²) in [6.07, 6.45) is 0.0496. The van der Waals surface area contributed by atoms with Gasteiger partial charge in [0, 0.05) is 31.2 Å². The molecule has 2 aliphatic rings. The molecule has 4 rings (SSSR count). The van der Waals surface area contributed by atoms with Crippen LogP contribution < -0.4 is 4.90 Å². The van der Waals surface area contributed by atoms with Crippen LogP contribution in [-0.4, -0.2) is 61.7 Å². The van der Waals surface area contributed by atoms with Crippen LogP contribution in [0.5, 0.6) is 0 Å². The van der Waals surface area contributed by atoms with E-state index in [1.54, 1.807) is 24.3 Å². The third-order valence-corrected chi connectivity index (χ3v) is 7.87. The zero-order valence-electron chi connectivity index (χ0n) is 15.9. The van der Waals surface area contributed by atoms with E-state index >= 15 is 0 Å². The summed E-state index contributed by atoms with van der Waals surface area (Å²) in [4.78, 5) is 28.7. The highest BCUT2D eigenvalue weighted by molar-refractivity contribution is 7.89. The van der Waals surface area contributed by atoms with Gasteiger partial charge in [-0.05, 0) is 36.4 Å². The Bertz CT molecular complexity index is 1080. The standard InChI is InChI=1S/C20H19Cl2N3O4S/c21-14-5-7-15(8-6-14)30(28,29)24-11-9-23(10-12-24)18-13-19(26)25(20(18)27)17-4-2-1-3-16(17)22/h1-8,18H,9-13H2/t18-/m0/s1. The quantitative estimate of drug-likeness (QED) is 0.645. The molecule has 7 nitrogen and oxygen atoms in total. The van der Waals surface area contributed by atoms with E-state index in [2.05, 4.69) is 0 Å². The second kappa shape index (κ2) is 8.28.